The van der Waals surface area contributed by atoms with Crippen LogP contribution in [0.4, 0.5) is 0 Å². The van der Waals surface area contributed by atoms with E-state index < -0.39 is 0 Å². The number of hydrogen-bond donors (Lipinski definition) is 2. The van der Waals surface area contributed by atoms with E-state index in [2.05, 4.69) is 46.0 Å². The Labute approximate surface area is 155 Å². The second-order valence-electron chi connectivity index (χ2n) is 3.99. The van der Waals surface area contributed by atoms with E-state index in [1.165, 1.54) is 0 Å². The van der Waals surface area contributed by atoms with Crippen LogP contribution in [0.15, 0.2) is 53.9 Å². The van der Waals surface area contributed by atoms with Gasteiger partial charge in [0.05, 0.1) is 11.9 Å². The maximum absolute atomic E-state index is 5.11. The molecule has 2 N–H and O–H groups in total. The molecule has 0 radical (unpaired) electrons. The number of aromatic nitrogens is 2. The molecule has 0 aromatic carbocycles. The molecule has 0 spiro atoms. The summed E-state index contributed by atoms with van der Waals surface area (Å²) in [5.41, 5.74) is 4.55. The third-order valence-electron chi connectivity index (χ3n) is 2.44. The molecule has 23 heavy (non-hydrogen) atoms. The molecule has 127 valence electrons. The van der Waals surface area contributed by atoms with Gasteiger partial charge in [-0.05, 0) is 36.5 Å². The SMILES string of the molecule is S=C(NCCc1ccccn1)N/N=C/c1ccccn1.[Cl][Cu][Cl]. The van der Waals surface area contributed by atoms with E-state index >= 15 is 0 Å². The zero-order chi connectivity index (χ0) is 16.8. The molecular weight excluding hydrogens is 405 g/mol. The Bertz CT molecular complexity index is 586. The van der Waals surface area contributed by atoms with Gasteiger partial charge in [-0.3, -0.25) is 15.4 Å². The number of hydrazone groups is 1. The number of hydrogen-bond acceptors (Lipinski definition) is 4. The molecule has 9 heteroatoms. The maximum atomic E-state index is 5.11. The fourth-order valence-corrected chi connectivity index (χ4v) is 1.65. The van der Waals surface area contributed by atoms with Crippen LogP contribution in [0.25, 0.3) is 0 Å². The third kappa shape index (κ3) is 10.2. The van der Waals surface area contributed by atoms with Gasteiger partial charge in [0.2, 0.25) is 0 Å². The van der Waals surface area contributed by atoms with Gasteiger partial charge in [0.1, 0.15) is 0 Å². The summed E-state index contributed by atoms with van der Waals surface area (Å²) >= 11 is 5.86. The van der Waals surface area contributed by atoms with Crippen molar-refractivity contribution in [2.75, 3.05) is 6.54 Å². The van der Waals surface area contributed by atoms with Crippen LogP contribution < -0.4 is 10.7 Å². The Hall–Kier alpha value is -1.24. The summed E-state index contributed by atoms with van der Waals surface area (Å²) in [5.74, 6) is 0. The summed E-state index contributed by atoms with van der Waals surface area (Å²) in [4.78, 5) is 8.35. The average molecular weight is 420 g/mol. The minimum atomic E-state index is 0.480. The number of halogens is 2. The molecule has 0 aliphatic carbocycles. The summed E-state index contributed by atoms with van der Waals surface area (Å²) in [6.45, 7) is 0.710. The van der Waals surface area contributed by atoms with Crippen molar-refractivity contribution in [2.45, 2.75) is 6.42 Å². The van der Waals surface area contributed by atoms with Crippen LogP contribution in [0.3, 0.4) is 0 Å². The quantitative estimate of drug-likeness (QED) is 0.338. The normalized spacial score (nSPS) is 10.0. The molecule has 0 amide bonds. The molecule has 0 unspecified atom stereocenters. The van der Waals surface area contributed by atoms with Crippen molar-refractivity contribution in [1.82, 2.24) is 20.7 Å². The Kier molecular flexibility index (Phi) is 11.4. The zero-order valence-corrected chi connectivity index (χ0v) is 15.2. The Morgan fingerprint density at radius 2 is 1.87 bits per heavy atom. The topological polar surface area (TPSA) is 62.2 Å². The first kappa shape index (κ1) is 19.8. The standard InChI is InChI=1S/C14H15N5S.2ClH.Cu/c20-14(17-10-7-12-5-1-3-8-15-12)19-18-11-13-6-2-4-9-16-13;;;/h1-6,8-9,11H,7,10H2,(H2,17,19,20);2*1H;/q;;;+2/p-2/b18-11+;;;. The monoisotopic (exact) mass is 418 g/mol. The van der Waals surface area contributed by atoms with Crippen molar-refractivity contribution in [1.29, 1.82) is 0 Å². The number of nitrogens with one attached hydrogen (secondary N) is 2. The van der Waals surface area contributed by atoms with Crippen LogP contribution in [-0.4, -0.2) is 27.8 Å². The van der Waals surface area contributed by atoms with Crippen LogP contribution in [-0.2, 0) is 19.6 Å². The van der Waals surface area contributed by atoms with Crippen LogP contribution >= 0.6 is 32.4 Å². The summed E-state index contributed by atoms with van der Waals surface area (Å²) in [7, 11) is 9.34. The summed E-state index contributed by atoms with van der Waals surface area (Å²) in [5, 5.41) is 7.55. The van der Waals surface area contributed by atoms with Gasteiger partial charge in [0.15, 0.2) is 5.11 Å². The van der Waals surface area contributed by atoms with Crippen molar-refractivity contribution in [2.24, 2.45) is 5.10 Å². The molecule has 0 atom stereocenters. The molecular formula is C14H15Cl2CuN5S. The van der Waals surface area contributed by atoms with E-state index in [1.54, 1.807) is 18.6 Å². The number of rotatable bonds is 5. The molecule has 0 aliphatic rings. The van der Waals surface area contributed by atoms with Crippen LogP contribution in [0.1, 0.15) is 11.4 Å². The van der Waals surface area contributed by atoms with E-state index in [-0.39, 0.29) is 0 Å². The molecule has 2 rings (SSSR count). The predicted octanol–water partition coefficient (Wildman–Crippen LogP) is 2.89. The zero-order valence-electron chi connectivity index (χ0n) is 11.9. The predicted molar refractivity (Wildman–Crippen MR) is 95.2 cm³/mol. The molecule has 0 saturated heterocycles. The molecule has 0 fully saturated rings. The fourth-order valence-electron chi connectivity index (χ4n) is 1.50. The van der Waals surface area contributed by atoms with Crippen LogP contribution in [0.5, 0.6) is 0 Å². The molecule has 0 aliphatic heterocycles. The first-order valence-corrected chi connectivity index (χ1v) is 9.45. The average Bonchev–Trinajstić information content (AvgIpc) is 2.57. The summed E-state index contributed by atoms with van der Waals surface area (Å²) in [6.07, 6.45) is 5.92. The first-order chi connectivity index (χ1) is 11.3. The van der Waals surface area contributed by atoms with Gasteiger partial charge in [0, 0.05) is 31.1 Å². The Morgan fingerprint density at radius 3 is 2.48 bits per heavy atom. The number of thiocarbonyl (C=S) groups is 1. The minimum absolute atomic E-state index is 0.480. The van der Waals surface area contributed by atoms with E-state index in [0.29, 0.717) is 11.7 Å². The number of nitrogens with zero attached hydrogens (tertiary/aromatic N) is 3. The van der Waals surface area contributed by atoms with E-state index in [4.69, 9.17) is 12.2 Å². The summed E-state index contributed by atoms with van der Waals surface area (Å²) < 4.78 is 0. The van der Waals surface area contributed by atoms with Crippen molar-refractivity contribution in [3.63, 3.8) is 0 Å². The van der Waals surface area contributed by atoms with Gasteiger partial charge in [-0.25, -0.2) is 0 Å². The van der Waals surface area contributed by atoms with Gasteiger partial charge in [0.25, 0.3) is 0 Å². The van der Waals surface area contributed by atoms with Crippen molar-refractivity contribution >= 4 is 43.7 Å². The summed E-state index contributed by atoms with van der Waals surface area (Å²) in [6, 6.07) is 11.5. The van der Waals surface area contributed by atoms with Crippen LogP contribution in [0.2, 0.25) is 0 Å². The van der Waals surface area contributed by atoms with Crippen molar-refractivity contribution < 1.29 is 13.1 Å². The van der Waals surface area contributed by atoms with E-state index in [9.17, 15) is 0 Å². The molecule has 0 bridgehead atoms. The fraction of sp³-hybridized carbons (Fsp3) is 0.143. The van der Waals surface area contributed by atoms with Crippen LogP contribution in [0, 0.1) is 0 Å². The molecule has 0 saturated carbocycles. The molecule has 2 aromatic heterocycles. The van der Waals surface area contributed by atoms with Gasteiger partial charge in [-0.2, -0.15) is 5.10 Å². The van der Waals surface area contributed by atoms with Crippen molar-refractivity contribution in [3.8, 4) is 0 Å². The van der Waals surface area contributed by atoms with Crippen molar-refractivity contribution in [3.05, 3.63) is 60.2 Å². The first-order valence-electron chi connectivity index (χ1n) is 6.45. The van der Waals surface area contributed by atoms with Gasteiger partial charge in [-0.1, -0.05) is 12.1 Å². The van der Waals surface area contributed by atoms with Gasteiger partial charge >= 0.3 is 33.3 Å². The second-order valence-corrected chi connectivity index (χ2v) is 5.96. The van der Waals surface area contributed by atoms with Gasteiger partial charge in [-0.15, -0.1) is 0 Å². The van der Waals surface area contributed by atoms with Gasteiger partial charge < -0.3 is 5.32 Å². The van der Waals surface area contributed by atoms with E-state index in [1.807, 2.05) is 36.4 Å². The Morgan fingerprint density at radius 1 is 1.17 bits per heavy atom. The molecule has 2 aromatic rings. The number of pyridine rings is 2. The second kappa shape index (κ2) is 13.2. The Balaban J connectivity index is 0.000000816. The van der Waals surface area contributed by atoms with E-state index in [0.717, 1.165) is 30.9 Å². The third-order valence-corrected chi connectivity index (χ3v) is 2.68. The molecule has 2 heterocycles. The molecule has 5 nitrogen and oxygen atoms in total.